The van der Waals surface area contributed by atoms with Crippen molar-refractivity contribution in [3.8, 4) is 0 Å². The summed E-state index contributed by atoms with van der Waals surface area (Å²) >= 11 is 5.82. The maximum atomic E-state index is 11.2. The summed E-state index contributed by atoms with van der Waals surface area (Å²) in [5.41, 5.74) is 1.48. The number of Topliss-reactive ketones (excluding diaryl/α,β-unsaturated/α-hetero) is 1. The van der Waals surface area contributed by atoms with Crippen LogP contribution in [0.5, 0.6) is 0 Å². The number of aldehydes is 1. The molecule has 1 rings (SSSR count). The monoisotopic (exact) mass is 196 g/mol. The number of hydrogen-bond donors (Lipinski definition) is 0. The highest BCUT2D eigenvalue weighted by Gasteiger charge is 2.11. The SMILES string of the molecule is CC(=O)c1c(C=O)ccc(Cl)c1C. The van der Waals surface area contributed by atoms with E-state index in [1.165, 1.54) is 6.92 Å². The lowest BCUT2D eigenvalue weighted by atomic mass is 10.00. The molecule has 0 saturated carbocycles. The smallest absolute Gasteiger partial charge is 0.160 e. The number of ketones is 1. The van der Waals surface area contributed by atoms with E-state index in [0.717, 1.165) is 0 Å². The van der Waals surface area contributed by atoms with Gasteiger partial charge in [-0.3, -0.25) is 9.59 Å². The third-order valence-electron chi connectivity index (χ3n) is 1.91. The number of carbonyl (C=O) groups is 2. The van der Waals surface area contributed by atoms with Gasteiger partial charge in [-0.1, -0.05) is 11.6 Å². The Balaban J connectivity index is 3.50. The highest BCUT2D eigenvalue weighted by molar-refractivity contribution is 6.32. The molecule has 0 atom stereocenters. The third-order valence-corrected chi connectivity index (χ3v) is 2.32. The summed E-state index contributed by atoms with van der Waals surface area (Å²) in [7, 11) is 0. The van der Waals surface area contributed by atoms with Gasteiger partial charge < -0.3 is 0 Å². The fraction of sp³-hybridized carbons (Fsp3) is 0.200. The minimum Gasteiger partial charge on any atom is -0.298 e. The van der Waals surface area contributed by atoms with Crippen LogP contribution in [0.4, 0.5) is 0 Å². The first-order valence-electron chi connectivity index (χ1n) is 3.83. The molecule has 0 radical (unpaired) electrons. The van der Waals surface area contributed by atoms with Crippen LogP contribution in [0.2, 0.25) is 5.02 Å². The van der Waals surface area contributed by atoms with Crippen LogP contribution in [-0.2, 0) is 0 Å². The average Bonchev–Trinajstić information content (AvgIpc) is 2.08. The van der Waals surface area contributed by atoms with Crippen LogP contribution in [0, 0.1) is 6.92 Å². The number of hydrogen-bond acceptors (Lipinski definition) is 2. The van der Waals surface area contributed by atoms with Gasteiger partial charge in [-0.25, -0.2) is 0 Å². The van der Waals surface area contributed by atoms with Crippen molar-refractivity contribution in [2.45, 2.75) is 13.8 Å². The molecule has 0 saturated heterocycles. The normalized spacial score (nSPS) is 9.77. The second-order valence-corrected chi connectivity index (χ2v) is 3.22. The average molecular weight is 197 g/mol. The zero-order chi connectivity index (χ0) is 10.0. The van der Waals surface area contributed by atoms with E-state index in [0.29, 0.717) is 28.0 Å². The molecule has 0 bridgehead atoms. The minimum absolute atomic E-state index is 0.137. The predicted octanol–water partition coefficient (Wildman–Crippen LogP) is 2.66. The van der Waals surface area contributed by atoms with E-state index in [4.69, 9.17) is 11.6 Å². The first-order valence-corrected chi connectivity index (χ1v) is 4.21. The summed E-state index contributed by atoms with van der Waals surface area (Å²) < 4.78 is 0. The Morgan fingerprint density at radius 1 is 1.46 bits per heavy atom. The molecular weight excluding hydrogens is 188 g/mol. The lowest BCUT2D eigenvalue weighted by molar-refractivity contribution is 0.100. The van der Waals surface area contributed by atoms with Gasteiger partial charge in [-0.2, -0.15) is 0 Å². The van der Waals surface area contributed by atoms with Gasteiger partial charge in [0.2, 0.25) is 0 Å². The van der Waals surface area contributed by atoms with Crippen LogP contribution in [-0.4, -0.2) is 12.1 Å². The van der Waals surface area contributed by atoms with E-state index >= 15 is 0 Å². The second kappa shape index (κ2) is 3.71. The number of carbonyl (C=O) groups excluding carboxylic acids is 2. The lowest BCUT2D eigenvalue weighted by Gasteiger charge is -2.06. The summed E-state index contributed by atoms with van der Waals surface area (Å²) in [4.78, 5) is 21.8. The fourth-order valence-electron chi connectivity index (χ4n) is 1.27. The Labute approximate surface area is 81.5 Å². The van der Waals surface area contributed by atoms with Crippen molar-refractivity contribution in [3.05, 3.63) is 33.8 Å². The molecule has 0 aliphatic carbocycles. The summed E-state index contributed by atoms with van der Waals surface area (Å²) in [6, 6.07) is 3.17. The summed E-state index contributed by atoms with van der Waals surface area (Å²) in [6.07, 6.45) is 0.667. The lowest BCUT2D eigenvalue weighted by Crippen LogP contribution is -2.02. The maximum absolute atomic E-state index is 11.2. The van der Waals surface area contributed by atoms with Crippen molar-refractivity contribution in [3.63, 3.8) is 0 Å². The van der Waals surface area contributed by atoms with Crippen molar-refractivity contribution in [2.75, 3.05) is 0 Å². The summed E-state index contributed by atoms with van der Waals surface area (Å²) in [6.45, 7) is 3.15. The molecule has 0 spiro atoms. The standard InChI is InChI=1S/C10H9ClO2/c1-6-9(11)4-3-8(5-12)10(6)7(2)13/h3-5H,1-2H3. The molecule has 0 aliphatic heterocycles. The van der Waals surface area contributed by atoms with Gasteiger partial charge in [0.15, 0.2) is 12.1 Å². The molecule has 0 aliphatic rings. The number of rotatable bonds is 2. The van der Waals surface area contributed by atoms with Crippen molar-refractivity contribution >= 4 is 23.7 Å². The van der Waals surface area contributed by atoms with E-state index in [2.05, 4.69) is 0 Å². The van der Waals surface area contributed by atoms with Gasteiger partial charge in [-0.05, 0) is 31.5 Å². The molecule has 0 aromatic heterocycles. The van der Waals surface area contributed by atoms with Crippen LogP contribution in [0.3, 0.4) is 0 Å². The Morgan fingerprint density at radius 2 is 2.08 bits per heavy atom. The quantitative estimate of drug-likeness (QED) is 0.538. The van der Waals surface area contributed by atoms with Crippen molar-refractivity contribution in [1.82, 2.24) is 0 Å². The van der Waals surface area contributed by atoms with Gasteiger partial charge >= 0.3 is 0 Å². The highest BCUT2D eigenvalue weighted by atomic mass is 35.5. The van der Waals surface area contributed by atoms with Crippen LogP contribution in [0.1, 0.15) is 33.2 Å². The molecule has 68 valence electrons. The van der Waals surface area contributed by atoms with Crippen LogP contribution in [0.15, 0.2) is 12.1 Å². The molecule has 1 aromatic rings. The molecule has 0 amide bonds. The highest BCUT2D eigenvalue weighted by Crippen LogP contribution is 2.22. The summed E-state index contributed by atoms with van der Waals surface area (Å²) in [5, 5.41) is 0.510. The molecule has 0 unspecified atom stereocenters. The molecule has 2 nitrogen and oxygen atoms in total. The zero-order valence-corrected chi connectivity index (χ0v) is 8.18. The van der Waals surface area contributed by atoms with Crippen LogP contribution in [0.25, 0.3) is 0 Å². The molecular formula is C10H9ClO2. The van der Waals surface area contributed by atoms with E-state index in [1.54, 1.807) is 19.1 Å². The van der Waals surface area contributed by atoms with Crippen molar-refractivity contribution in [2.24, 2.45) is 0 Å². The van der Waals surface area contributed by atoms with E-state index in [1.807, 2.05) is 0 Å². The Morgan fingerprint density at radius 3 is 2.54 bits per heavy atom. The van der Waals surface area contributed by atoms with Crippen molar-refractivity contribution in [1.29, 1.82) is 0 Å². The van der Waals surface area contributed by atoms with Gasteiger partial charge in [0.25, 0.3) is 0 Å². The van der Waals surface area contributed by atoms with Crippen LogP contribution >= 0.6 is 11.6 Å². The topological polar surface area (TPSA) is 34.1 Å². The maximum Gasteiger partial charge on any atom is 0.160 e. The molecule has 0 fully saturated rings. The molecule has 0 N–H and O–H groups in total. The molecule has 13 heavy (non-hydrogen) atoms. The van der Waals surface area contributed by atoms with Gasteiger partial charge in [-0.15, -0.1) is 0 Å². The van der Waals surface area contributed by atoms with Gasteiger partial charge in [0.05, 0.1) is 0 Å². The Hall–Kier alpha value is -1.15. The summed E-state index contributed by atoms with van der Waals surface area (Å²) in [5.74, 6) is -0.137. The number of benzene rings is 1. The fourth-order valence-corrected chi connectivity index (χ4v) is 1.43. The zero-order valence-electron chi connectivity index (χ0n) is 7.43. The molecule has 1 aromatic carbocycles. The number of halogens is 1. The third kappa shape index (κ3) is 1.78. The molecule has 0 heterocycles. The van der Waals surface area contributed by atoms with Gasteiger partial charge in [0, 0.05) is 16.1 Å². The predicted molar refractivity (Wildman–Crippen MR) is 51.6 cm³/mol. The van der Waals surface area contributed by atoms with E-state index < -0.39 is 0 Å². The van der Waals surface area contributed by atoms with E-state index in [9.17, 15) is 9.59 Å². The largest absolute Gasteiger partial charge is 0.298 e. The Kier molecular flexibility index (Phi) is 2.83. The first kappa shape index (κ1) is 9.93. The van der Waals surface area contributed by atoms with Crippen molar-refractivity contribution < 1.29 is 9.59 Å². The van der Waals surface area contributed by atoms with Crippen LogP contribution < -0.4 is 0 Å². The van der Waals surface area contributed by atoms with Gasteiger partial charge in [0.1, 0.15) is 0 Å². The Bertz CT molecular complexity index is 369. The van der Waals surface area contributed by atoms with E-state index in [-0.39, 0.29) is 5.78 Å². The minimum atomic E-state index is -0.137. The molecule has 3 heteroatoms. The first-order chi connectivity index (χ1) is 6.07. The second-order valence-electron chi connectivity index (χ2n) is 2.81.